The van der Waals surface area contributed by atoms with Crippen LogP contribution in [-0.2, 0) is 6.54 Å². The molecule has 1 N–H and O–H groups in total. The zero-order chi connectivity index (χ0) is 15.0. The Bertz CT molecular complexity index is 447. The molecule has 0 saturated carbocycles. The van der Waals surface area contributed by atoms with E-state index < -0.39 is 0 Å². The van der Waals surface area contributed by atoms with E-state index >= 15 is 0 Å². The summed E-state index contributed by atoms with van der Waals surface area (Å²) in [5, 5.41) is 3.43. The Kier molecular flexibility index (Phi) is 4.12. The van der Waals surface area contributed by atoms with E-state index in [0.29, 0.717) is 0 Å². The van der Waals surface area contributed by atoms with E-state index in [2.05, 4.69) is 61.8 Å². The Morgan fingerprint density at radius 2 is 2.05 bits per heavy atom. The average molecular weight is 280 g/mol. The predicted molar refractivity (Wildman–Crippen MR) is 82.0 cm³/mol. The van der Waals surface area contributed by atoms with E-state index in [9.17, 15) is 0 Å². The summed E-state index contributed by atoms with van der Waals surface area (Å²) >= 11 is 0. The lowest BCUT2D eigenvalue weighted by molar-refractivity contribution is 0.136. The molecule has 2 rings (SSSR count). The molecule has 1 aromatic rings. The number of oxazole rings is 1. The maximum absolute atomic E-state index is 5.65. The van der Waals surface area contributed by atoms with Crippen LogP contribution < -0.4 is 10.2 Å². The normalized spacial score (nSPS) is 20.4. The standard InChI is InChI=1S/C15H28N4O/c1-14(2,3)16-9-12-10-20-13(17-12)19-8-7-18(6)15(4,5)11-19/h10,16H,7-9,11H2,1-6H3. The summed E-state index contributed by atoms with van der Waals surface area (Å²) < 4.78 is 5.65. The van der Waals surface area contributed by atoms with Gasteiger partial charge in [-0.2, -0.15) is 4.98 Å². The monoisotopic (exact) mass is 280 g/mol. The first-order valence-corrected chi connectivity index (χ1v) is 7.33. The first-order valence-electron chi connectivity index (χ1n) is 7.33. The number of nitrogens with one attached hydrogen (secondary N) is 1. The van der Waals surface area contributed by atoms with Gasteiger partial charge in [0.15, 0.2) is 0 Å². The van der Waals surface area contributed by atoms with Gasteiger partial charge in [-0.25, -0.2) is 0 Å². The second-order valence-electron chi connectivity index (χ2n) is 7.38. The minimum atomic E-state index is 0.0922. The molecule has 0 bridgehead atoms. The molecule has 2 heterocycles. The van der Waals surface area contributed by atoms with Crippen LogP contribution in [0, 0.1) is 0 Å². The molecular formula is C15H28N4O. The molecule has 0 spiro atoms. The summed E-state index contributed by atoms with van der Waals surface area (Å²) in [6, 6.07) is 0.747. The molecule has 1 fully saturated rings. The zero-order valence-corrected chi connectivity index (χ0v) is 13.7. The molecule has 1 aliphatic rings. The van der Waals surface area contributed by atoms with Gasteiger partial charge in [-0.1, -0.05) is 0 Å². The van der Waals surface area contributed by atoms with Crippen molar-refractivity contribution in [1.82, 2.24) is 15.2 Å². The molecule has 114 valence electrons. The van der Waals surface area contributed by atoms with Gasteiger partial charge in [0.1, 0.15) is 6.26 Å². The highest BCUT2D eigenvalue weighted by atomic mass is 16.4. The van der Waals surface area contributed by atoms with Gasteiger partial charge in [0.2, 0.25) is 0 Å². The number of anilines is 1. The Morgan fingerprint density at radius 3 is 2.65 bits per heavy atom. The van der Waals surface area contributed by atoms with E-state index in [0.717, 1.165) is 37.9 Å². The Hall–Kier alpha value is -1.07. The fraction of sp³-hybridized carbons (Fsp3) is 0.800. The summed E-state index contributed by atoms with van der Waals surface area (Å²) in [6.45, 7) is 14.6. The van der Waals surface area contributed by atoms with Crippen LogP contribution in [0.25, 0.3) is 0 Å². The average Bonchev–Trinajstić information content (AvgIpc) is 2.78. The van der Waals surface area contributed by atoms with Gasteiger partial charge in [-0.15, -0.1) is 0 Å². The van der Waals surface area contributed by atoms with Gasteiger partial charge >= 0.3 is 0 Å². The lowest BCUT2D eigenvalue weighted by Gasteiger charge is -2.44. The maximum atomic E-state index is 5.65. The van der Waals surface area contributed by atoms with Crippen molar-refractivity contribution in [3.8, 4) is 0 Å². The molecule has 5 heteroatoms. The minimum Gasteiger partial charge on any atom is -0.432 e. The third kappa shape index (κ3) is 3.73. The number of nitrogens with zero attached hydrogens (tertiary/aromatic N) is 3. The molecule has 0 amide bonds. The summed E-state index contributed by atoms with van der Waals surface area (Å²) in [6.07, 6.45) is 1.76. The Morgan fingerprint density at radius 1 is 1.35 bits per heavy atom. The highest BCUT2D eigenvalue weighted by Gasteiger charge is 2.32. The topological polar surface area (TPSA) is 44.5 Å². The molecule has 0 radical (unpaired) electrons. The molecule has 5 nitrogen and oxygen atoms in total. The predicted octanol–water partition coefficient (Wildman–Crippen LogP) is 2.09. The molecule has 0 unspecified atom stereocenters. The van der Waals surface area contributed by atoms with Crippen LogP contribution in [-0.4, -0.2) is 47.6 Å². The number of piperazine rings is 1. The van der Waals surface area contributed by atoms with Crippen molar-refractivity contribution in [2.45, 2.75) is 52.2 Å². The molecule has 1 saturated heterocycles. The number of aromatic nitrogens is 1. The van der Waals surface area contributed by atoms with Crippen LogP contribution in [0.4, 0.5) is 6.01 Å². The minimum absolute atomic E-state index is 0.0922. The number of hydrogen-bond donors (Lipinski definition) is 1. The molecule has 0 aliphatic carbocycles. The van der Waals surface area contributed by atoms with Crippen molar-refractivity contribution < 1.29 is 4.42 Å². The van der Waals surface area contributed by atoms with Gasteiger partial charge in [0.05, 0.1) is 5.69 Å². The van der Waals surface area contributed by atoms with Crippen LogP contribution in [0.1, 0.15) is 40.3 Å². The zero-order valence-electron chi connectivity index (χ0n) is 13.7. The van der Waals surface area contributed by atoms with E-state index in [-0.39, 0.29) is 11.1 Å². The maximum Gasteiger partial charge on any atom is 0.297 e. The molecule has 1 aromatic heterocycles. The van der Waals surface area contributed by atoms with E-state index in [1.165, 1.54) is 0 Å². The van der Waals surface area contributed by atoms with Crippen LogP contribution in [0.15, 0.2) is 10.7 Å². The van der Waals surface area contributed by atoms with Crippen molar-refractivity contribution >= 4 is 6.01 Å². The molecular weight excluding hydrogens is 252 g/mol. The fourth-order valence-corrected chi connectivity index (χ4v) is 2.28. The third-order valence-corrected chi connectivity index (χ3v) is 3.93. The van der Waals surface area contributed by atoms with E-state index in [1.807, 2.05) is 0 Å². The molecule has 0 aromatic carbocycles. The van der Waals surface area contributed by atoms with E-state index in [4.69, 9.17) is 4.42 Å². The number of rotatable bonds is 3. The first-order chi connectivity index (χ1) is 9.17. The van der Waals surface area contributed by atoms with Gasteiger partial charge in [-0.3, -0.25) is 4.90 Å². The van der Waals surface area contributed by atoms with E-state index in [1.54, 1.807) is 6.26 Å². The van der Waals surface area contributed by atoms with Crippen molar-refractivity contribution in [2.75, 3.05) is 31.6 Å². The van der Waals surface area contributed by atoms with Crippen molar-refractivity contribution in [2.24, 2.45) is 0 Å². The third-order valence-electron chi connectivity index (χ3n) is 3.93. The molecule has 20 heavy (non-hydrogen) atoms. The second kappa shape index (κ2) is 5.37. The van der Waals surface area contributed by atoms with Crippen molar-refractivity contribution in [3.63, 3.8) is 0 Å². The smallest absolute Gasteiger partial charge is 0.297 e. The molecule has 0 atom stereocenters. The lowest BCUT2D eigenvalue weighted by Crippen LogP contribution is -2.57. The second-order valence-corrected chi connectivity index (χ2v) is 7.38. The Balaban J connectivity index is 1.99. The van der Waals surface area contributed by atoms with Gasteiger partial charge in [0.25, 0.3) is 6.01 Å². The molecule has 1 aliphatic heterocycles. The fourth-order valence-electron chi connectivity index (χ4n) is 2.28. The number of hydrogen-bond acceptors (Lipinski definition) is 5. The first kappa shape index (κ1) is 15.3. The number of likely N-dealkylation sites (N-methyl/N-ethyl adjacent to an activating group) is 1. The summed E-state index contributed by atoms with van der Waals surface area (Å²) in [7, 11) is 2.17. The Labute approximate surface area is 122 Å². The van der Waals surface area contributed by atoms with Crippen LogP contribution >= 0.6 is 0 Å². The summed E-state index contributed by atoms with van der Waals surface area (Å²) in [5.41, 5.74) is 1.21. The van der Waals surface area contributed by atoms with Gasteiger partial charge in [0, 0.05) is 37.3 Å². The van der Waals surface area contributed by atoms with Gasteiger partial charge in [-0.05, 0) is 41.7 Å². The highest BCUT2D eigenvalue weighted by Crippen LogP contribution is 2.23. The van der Waals surface area contributed by atoms with Gasteiger partial charge < -0.3 is 14.6 Å². The quantitative estimate of drug-likeness (QED) is 0.918. The van der Waals surface area contributed by atoms with Crippen LogP contribution in [0.2, 0.25) is 0 Å². The van der Waals surface area contributed by atoms with Crippen molar-refractivity contribution in [3.05, 3.63) is 12.0 Å². The summed E-state index contributed by atoms with van der Waals surface area (Å²) in [5.74, 6) is 0. The van der Waals surface area contributed by atoms with Crippen LogP contribution in [0.5, 0.6) is 0 Å². The van der Waals surface area contributed by atoms with Crippen molar-refractivity contribution in [1.29, 1.82) is 0 Å². The highest BCUT2D eigenvalue weighted by molar-refractivity contribution is 5.29. The SMILES string of the molecule is CN1CCN(c2nc(CNC(C)(C)C)co2)CC1(C)C. The largest absolute Gasteiger partial charge is 0.432 e. The van der Waals surface area contributed by atoms with Crippen LogP contribution in [0.3, 0.4) is 0 Å². The summed E-state index contributed by atoms with van der Waals surface area (Å²) in [4.78, 5) is 9.23. The lowest BCUT2D eigenvalue weighted by atomic mass is 10.0.